The van der Waals surface area contributed by atoms with Crippen LogP contribution in [0, 0.1) is 0 Å². The van der Waals surface area contributed by atoms with Crippen molar-refractivity contribution in [2.24, 2.45) is 0 Å². The van der Waals surface area contributed by atoms with Gasteiger partial charge in [-0.05, 0) is 25.0 Å². The smallest absolute Gasteiger partial charge is 0.255 e. The molecule has 1 aromatic carbocycles. The molecule has 1 fully saturated rings. The summed E-state index contributed by atoms with van der Waals surface area (Å²) in [7, 11) is 3.01. The number of rotatable bonds is 7. The summed E-state index contributed by atoms with van der Waals surface area (Å²) in [6.45, 7) is 0.665. The highest BCUT2D eigenvalue weighted by atomic mass is 16.5. The van der Waals surface area contributed by atoms with Crippen LogP contribution in [-0.2, 0) is 6.54 Å². The number of hydrogen-bond acceptors (Lipinski definition) is 5. The van der Waals surface area contributed by atoms with Crippen LogP contribution in [-0.4, -0.2) is 36.2 Å². The molecule has 0 bridgehead atoms. The first-order chi connectivity index (χ1) is 13.1. The van der Waals surface area contributed by atoms with E-state index < -0.39 is 0 Å². The lowest BCUT2D eigenvalue weighted by molar-refractivity contribution is 0.0948. The lowest BCUT2D eigenvalue weighted by Crippen LogP contribution is -2.31. The molecule has 1 aliphatic carbocycles. The summed E-state index contributed by atoms with van der Waals surface area (Å²) < 4.78 is 12.0. The van der Waals surface area contributed by atoms with Crippen LogP contribution in [0.4, 0.5) is 0 Å². The van der Waals surface area contributed by atoms with Crippen LogP contribution in [0.25, 0.3) is 0 Å². The predicted octanol–water partition coefficient (Wildman–Crippen LogP) is 2.35. The highest BCUT2D eigenvalue weighted by Gasteiger charge is 2.19. The van der Waals surface area contributed by atoms with E-state index >= 15 is 0 Å². The van der Waals surface area contributed by atoms with Crippen LogP contribution in [0.2, 0.25) is 0 Å². The van der Waals surface area contributed by atoms with Gasteiger partial charge in [-0.3, -0.25) is 14.2 Å². The fraction of sp³-hybridized carbons (Fsp3) is 0.450. The Balaban J connectivity index is 1.61. The van der Waals surface area contributed by atoms with E-state index in [4.69, 9.17) is 9.47 Å². The molecule has 3 rings (SSSR count). The molecule has 27 heavy (non-hydrogen) atoms. The molecule has 1 saturated carbocycles. The molecule has 7 nitrogen and oxygen atoms in total. The Hall–Kier alpha value is -2.83. The fourth-order valence-electron chi connectivity index (χ4n) is 3.50. The third kappa shape index (κ3) is 4.30. The van der Waals surface area contributed by atoms with Crippen LogP contribution in [0.3, 0.4) is 0 Å². The first-order valence-electron chi connectivity index (χ1n) is 9.19. The largest absolute Gasteiger partial charge is 0.493 e. The second-order valence-corrected chi connectivity index (χ2v) is 6.62. The number of hydrogen-bond donors (Lipinski definition) is 1. The van der Waals surface area contributed by atoms with Gasteiger partial charge in [0, 0.05) is 25.1 Å². The van der Waals surface area contributed by atoms with E-state index in [-0.39, 0.29) is 11.5 Å². The summed E-state index contributed by atoms with van der Waals surface area (Å²) in [6, 6.07) is 6.75. The number of amides is 1. The highest BCUT2D eigenvalue weighted by Crippen LogP contribution is 2.32. The van der Waals surface area contributed by atoms with Crippen molar-refractivity contribution < 1.29 is 14.3 Å². The molecule has 7 heteroatoms. The highest BCUT2D eigenvalue weighted by molar-refractivity contribution is 5.97. The van der Waals surface area contributed by atoms with E-state index in [1.54, 1.807) is 30.6 Å². The molecule has 2 aromatic rings. The average molecular weight is 371 g/mol. The number of nitrogens with one attached hydrogen (secondary N) is 1. The SMILES string of the molecule is COc1cccc(C(=O)NCCn2cnc(C3CCCC3)cc2=O)c1OC. The Morgan fingerprint density at radius 1 is 1.26 bits per heavy atom. The van der Waals surface area contributed by atoms with Gasteiger partial charge in [0.1, 0.15) is 0 Å². The Morgan fingerprint density at radius 3 is 2.70 bits per heavy atom. The first kappa shape index (κ1) is 18.9. The van der Waals surface area contributed by atoms with Gasteiger partial charge in [0.15, 0.2) is 11.5 Å². The maximum absolute atomic E-state index is 12.4. The molecular weight excluding hydrogens is 346 g/mol. The van der Waals surface area contributed by atoms with Gasteiger partial charge in [-0.2, -0.15) is 0 Å². The van der Waals surface area contributed by atoms with Crippen molar-refractivity contribution in [3.63, 3.8) is 0 Å². The van der Waals surface area contributed by atoms with Gasteiger partial charge >= 0.3 is 0 Å². The molecule has 144 valence electrons. The number of methoxy groups -OCH3 is 2. The van der Waals surface area contributed by atoms with Crippen molar-refractivity contribution in [1.82, 2.24) is 14.9 Å². The average Bonchev–Trinajstić information content (AvgIpc) is 3.23. The quantitative estimate of drug-likeness (QED) is 0.808. The zero-order valence-electron chi connectivity index (χ0n) is 15.7. The molecule has 0 unspecified atom stereocenters. The van der Waals surface area contributed by atoms with Crippen LogP contribution in [0.1, 0.15) is 47.7 Å². The number of carbonyl (C=O) groups excluding carboxylic acids is 1. The number of nitrogens with zero attached hydrogens (tertiary/aromatic N) is 2. The minimum atomic E-state index is -0.283. The Labute approximate surface area is 158 Å². The molecule has 1 aliphatic rings. The van der Waals surface area contributed by atoms with Gasteiger partial charge in [0.25, 0.3) is 11.5 Å². The number of ether oxygens (including phenoxy) is 2. The normalized spacial score (nSPS) is 14.1. The third-order valence-corrected chi connectivity index (χ3v) is 4.96. The van der Waals surface area contributed by atoms with Crippen molar-refractivity contribution in [1.29, 1.82) is 0 Å². The number of aromatic nitrogens is 2. The number of carbonyl (C=O) groups is 1. The standard InChI is InChI=1S/C20H25N3O4/c1-26-17-9-5-8-15(19(17)27-2)20(25)21-10-11-23-13-22-16(12-18(23)24)14-6-3-4-7-14/h5,8-9,12-14H,3-4,6-7,10-11H2,1-2H3,(H,21,25). The van der Waals surface area contributed by atoms with Gasteiger partial charge in [0.2, 0.25) is 0 Å². The van der Waals surface area contributed by atoms with Crippen LogP contribution in [0.15, 0.2) is 35.4 Å². The van der Waals surface area contributed by atoms with Gasteiger partial charge in [0.05, 0.1) is 31.8 Å². The number of benzene rings is 1. The van der Waals surface area contributed by atoms with Gasteiger partial charge < -0.3 is 14.8 Å². The summed E-state index contributed by atoms with van der Waals surface area (Å²) in [5.41, 5.74) is 1.19. The van der Waals surface area contributed by atoms with Crippen molar-refractivity contribution in [2.75, 3.05) is 20.8 Å². The van der Waals surface area contributed by atoms with Gasteiger partial charge in [-0.25, -0.2) is 4.98 Å². The van der Waals surface area contributed by atoms with E-state index in [0.29, 0.717) is 36.1 Å². The van der Waals surface area contributed by atoms with Crippen molar-refractivity contribution in [2.45, 2.75) is 38.1 Å². The number of para-hydroxylation sites is 1. The topological polar surface area (TPSA) is 82.5 Å². The zero-order chi connectivity index (χ0) is 19.2. The molecule has 1 heterocycles. The summed E-state index contributed by atoms with van der Waals surface area (Å²) in [6.07, 6.45) is 6.20. The van der Waals surface area contributed by atoms with Gasteiger partial charge in [-0.15, -0.1) is 0 Å². The molecule has 0 radical (unpaired) electrons. The van der Waals surface area contributed by atoms with Crippen LogP contribution in [0.5, 0.6) is 11.5 Å². The predicted molar refractivity (Wildman–Crippen MR) is 102 cm³/mol. The van der Waals surface area contributed by atoms with E-state index in [9.17, 15) is 9.59 Å². The lowest BCUT2D eigenvalue weighted by Gasteiger charge is -2.13. The van der Waals surface area contributed by atoms with Crippen LogP contribution >= 0.6 is 0 Å². The summed E-state index contributed by atoms with van der Waals surface area (Å²) in [5, 5.41) is 2.81. The minimum absolute atomic E-state index is 0.0832. The Bertz CT molecular complexity index is 857. The lowest BCUT2D eigenvalue weighted by atomic mass is 10.0. The second-order valence-electron chi connectivity index (χ2n) is 6.62. The summed E-state index contributed by atoms with van der Waals surface area (Å²) in [5.74, 6) is 1.01. The maximum Gasteiger partial charge on any atom is 0.255 e. The molecule has 1 N–H and O–H groups in total. The molecule has 0 saturated heterocycles. The zero-order valence-corrected chi connectivity index (χ0v) is 15.7. The molecular formula is C20H25N3O4. The van der Waals surface area contributed by atoms with E-state index in [0.717, 1.165) is 18.5 Å². The fourth-order valence-corrected chi connectivity index (χ4v) is 3.50. The first-order valence-corrected chi connectivity index (χ1v) is 9.19. The Kier molecular flexibility index (Phi) is 6.11. The molecule has 0 spiro atoms. The van der Waals surface area contributed by atoms with Gasteiger partial charge in [-0.1, -0.05) is 18.9 Å². The van der Waals surface area contributed by atoms with E-state index in [2.05, 4.69) is 10.3 Å². The monoisotopic (exact) mass is 371 g/mol. The van der Waals surface area contributed by atoms with Crippen molar-refractivity contribution >= 4 is 5.91 Å². The van der Waals surface area contributed by atoms with E-state index in [1.165, 1.54) is 31.6 Å². The maximum atomic E-state index is 12.4. The summed E-state index contributed by atoms with van der Waals surface area (Å²) in [4.78, 5) is 29.2. The minimum Gasteiger partial charge on any atom is -0.493 e. The molecule has 0 aliphatic heterocycles. The summed E-state index contributed by atoms with van der Waals surface area (Å²) >= 11 is 0. The molecule has 0 atom stereocenters. The molecule has 1 aromatic heterocycles. The van der Waals surface area contributed by atoms with E-state index in [1.807, 2.05) is 0 Å². The third-order valence-electron chi connectivity index (χ3n) is 4.96. The molecule has 1 amide bonds. The van der Waals surface area contributed by atoms with Crippen molar-refractivity contribution in [3.8, 4) is 11.5 Å². The second kappa shape index (κ2) is 8.70. The Morgan fingerprint density at radius 2 is 2.04 bits per heavy atom. The van der Waals surface area contributed by atoms with Crippen molar-refractivity contribution in [3.05, 3.63) is 52.2 Å². The van der Waals surface area contributed by atoms with Crippen LogP contribution < -0.4 is 20.3 Å².